The van der Waals surface area contributed by atoms with E-state index in [0.717, 1.165) is 25.9 Å². The van der Waals surface area contributed by atoms with Crippen molar-refractivity contribution in [3.8, 4) is 0 Å². The van der Waals surface area contributed by atoms with E-state index in [1.807, 2.05) is 4.90 Å². The Labute approximate surface area is 76.4 Å². The molecule has 0 saturated carbocycles. The van der Waals surface area contributed by atoms with Crippen LogP contribution in [-0.4, -0.2) is 34.4 Å². The van der Waals surface area contributed by atoms with Crippen molar-refractivity contribution in [3.05, 3.63) is 5.82 Å². The Morgan fingerprint density at radius 1 is 1.46 bits per heavy atom. The van der Waals surface area contributed by atoms with Crippen LogP contribution in [0.2, 0.25) is 0 Å². The number of aliphatic hydroxyl groups excluding tert-OH is 1. The monoisotopic (exact) mass is 183 g/mol. The third-order valence-electron chi connectivity index (χ3n) is 2.25. The van der Waals surface area contributed by atoms with Gasteiger partial charge >= 0.3 is 6.01 Å². The Hall–Kier alpha value is -1.10. The van der Waals surface area contributed by atoms with Crippen molar-refractivity contribution in [2.75, 3.05) is 18.0 Å². The maximum Gasteiger partial charge on any atom is 0.324 e. The van der Waals surface area contributed by atoms with Gasteiger partial charge in [0.1, 0.15) is 0 Å². The van der Waals surface area contributed by atoms with Gasteiger partial charge in [0.25, 0.3) is 0 Å². The summed E-state index contributed by atoms with van der Waals surface area (Å²) < 4.78 is 5.02. The summed E-state index contributed by atoms with van der Waals surface area (Å²) in [5.74, 6) is 0.654. The number of nitrogens with zero attached hydrogens (tertiary/aromatic N) is 3. The van der Waals surface area contributed by atoms with E-state index in [2.05, 4.69) is 10.1 Å². The predicted molar refractivity (Wildman–Crippen MR) is 46.5 cm³/mol. The lowest BCUT2D eigenvalue weighted by Crippen LogP contribution is -2.35. The number of hydrogen-bond donors (Lipinski definition) is 1. The van der Waals surface area contributed by atoms with Crippen molar-refractivity contribution in [1.82, 2.24) is 10.1 Å². The Bertz CT molecular complexity index is 279. The van der Waals surface area contributed by atoms with E-state index in [-0.39, 0.29) is 6.10 Å². The summed E-state index contributed by atoms with van der Waals surface area (Å²) in [5, 5.41) is 13.0. The van der Waals surface area contributed by atoms with Gasteiger partial charge in [0.2, 0.25) is 0 Å². The summed E-state index contributed by atoms with van der Waals surface area (Å²) in [7, 11) is 0. The lowest BCUT2D eigenvalue weighted by molar-refractivity contribution is 0.143. The van der Waals surface area contributed by atoms with Crippen molar-refractivity contribution in [2.24, 2.45) is 0 Å². The summed E-state index contributed by atoms with van der Waals surface area (Å²) in [4.78, 5) is 6.13. The summed E-state index contributed by atoms with van der Waals surface area (Å²) in [6.07, 6.45) is 1.39. The highest BCUT2D eigenvalue weighted by molar-refractivity contribution is 5.25. The largest absolute Gasteiger partial charge is 0.393 e. The molecule has 0 amide bonds. The summed E-state index contributed by atoms with van der Waals surface area (Å²) in [6.45, 7) is 3.39. The molecular formula is C8H13N3O2. The van der Waals surface area contributed by atoms with E-state index in [0.29, 0.717) is 11.8 Å². The topological polar surface area (TPSA) is 62.4 Å². The average Bonchev–Trinajstić information content (AvgIpc) is 2.53. The predicted octanol–water partition coefficient (Wildman–Crippen LogP) is 0.339. The molecule has 1 aromatic heterocycles. The average molecular weight is 183 g/mol. The van der Waals surface area contributed by atoms with E-state index in [4.69, 9.17) is 4.52 Å². The van der Waals surface area contributed by atoms with Crippen molar-refractivity contribution in [3.63, 3.8) is 0 Å². The van der Waals surface area contributed by atoms with Crippen LogP contribution in [0.1, 0.15) is 18.7 Å². The highest BCUT2D eigenvalue weighted by Gasteiger charge is 2.20. The van der Waals surface area contributed by atoms with Gasteiger partial charge in [-0.1, -0.05) is 5.16 Å². The van der Waals surface area contributed by atoms with Gasteiger partial charge in [-0.3, -0.25) is 0 Å². The Kier molecular flexibility index (Phi) is 2.18. The van der Waals surface area contributed by atoms with Gasteiger partial charge in [-0.2, -0.15) is 4.98 Å². The molecule has 0 bridgehead atoms. The first-order chi connectivity index (χ1) is 6.25. The van der Waals surface area contributed by atoms with Gasteiger partial charge in [-0.15, -0.1) is 0 Å². The van der Waals surface area contributed by atoms with E-state index < -0.39 is 0 Å². The van der Waals surface area contributed by atoms with Crippen molar-refractivity contribution in [2.45, 2.75) is 25.9 Å². The van der Waals surface area contributed by atoms with Gasteiger partial charge < -0.3 is 14.5 Å². The van der Waals surface area contributed by atoms with Crippen LogP contribution in [0.4, 0.5) is 6.01 Å². The highest BCUT2D eigenvalue weighted by atomic mass is 16.5. The molecule has 0 aliphatic carbocycles. The molecule has 0 unspecified atom stereocenters. The fourth-order valence-corrected chi connectivity index (χ4v) is 1.47. The van der Waals surface area contributed by atoms with Gasteiger partial charge in [0.05, 0.1) is 6.10 Å². The van der Waals surface area contributed by atoms with Crippen LogP contribution in [0.15, 0.2) is 4.52 Å². The quantitative estimate of drug-likeness (QED) is 0.680. The van der Waals surface area contributed by atoms with Gasteiger partial charge in [-0.25, -0.2) is 0 Å². The number of anilines is 1. The second kappa shape index (κ2) is 3.33. The van der Waals surface area contributed by atoms with Crippen LogP contribution in [0.3, 0.4) is 0 Å². The van der Waals surface area contributed by atoms with Gasteiger partial charge in [0, 0.05) is 13.1 Å². The Morgan fingerprint density at radius 2 is 2.15 bits per heavy atom. The van der Waals surface area contributed by atoms with Crippen molar-refractivity contribution >= 4 is 6.01 Å². The van der Waals surface area contributed by atoms with E-state index >= 15 is 0 Å². The SMILES string of the molecule is Cc1noc(N2CCC(O)CC2)n1. The number of rotatable bonds is 1. The molecule has 0 atom stereocenters. The van der Waals surface area contributed by atoms with E-state index in [1.165, 1.54) is 0 Å². The number of aromatic nitrogens is 2. The number of piperidine rings is 1. The number of hydrogen-bond acceptors (Lipinski definition) is 5. The maximum absolute atomic E-state index is 9.29. The van der Waals surface area contributed by atoms with Crippen molar-refractivity contribution < 1.29 is 9.63 Å². The summed E-state index contributed by atoms with van der Waals surface area (Å²) in [5.41, 5.74) is 0. The first-order valence-corrected chi connectivity index (χ1v) is 4.49. The Morgan fingerprint density at radius 3 is 2.69 bits per heavy atom. The zero-order chi connectivity index (χ0) is 9.26. The van der Waals surface area contributed by atoms with Crippen LogP contribution in [0, 0.1) is 6.92 Å². The zero-order valence-electron chi connectivity index (χ0n) is 7.60. The standard InChI is InChI=1S/C8H13N3O2/c1-6-9-8(13-10-6)11-4-2-7(12)3-5-11/h7,12H,2-5H2,1H3. The molecule has 0 aromatic carbocycles. The third-order valence-corrected chi connectivity index (χ3v) is 2.25. The summed E-state index contributed by atoms with van der Waals surface area (Å²) >= 11 is 0. The molecule has 1 N–H and O–H groups in total. The molecule has 0 radical (unpaired) electrons. The minimum absolute atomic E-state index is 0.166. The smallest absolute Gasteiger partial charge is 0.324 e. The minimum Gasteiger partial charge on any atom is -0.393 e. The Balaban J connectivity index is 2.02. The van der Waals surface area contributed by atoms with Crippen LogP contribution >= 0.6 is 0 Å². The molecule has 1 saturated heterocycles. The van der Waals surface area contributed by atoms with Crippen molar-refractivity contribution in [1.29, 1.82) is 0 Å². The maximum atomic E-state index is 9.29. The lowest BCUT2D eigenvalue weighted by Gasteiger charge is -2.27. The fraction of sp³-hybridized carbons (Fsp3) is 0.750. The van der Waals surface area contributed by atoms with Crippen LogP contribution < -0.4 is 4.90 Å². The molecule has 5 heteroatoms. The highest BCUT2D eigenvalue weighted by Crippen LogP contribution is 2.17. The second-order valence-electron chi connectivity index (χ2n) is 3.34. The summed E-state index contributed by atoms with van der Waals surface area (Å²) in [6, 6.07) is 0.574. The van der Waals surface area contributed by atoms with Gasteiger partial charge in [0.15, 0.2) is 5.82 Å². The van der Waals surface area contributed by atoms with E-state index in [1.54, 1.807) is 6.92 Å². The first kappa shape index (κ1) is 8.50. The first-order valence-electron chi connectivity index (χ1n) is 4.49. The van der Waals surface area contributed by atoms with E-state index in [9.17, 15) is 5.11 Å². The molecule has 2 rings (SSSR count). The third kappa shape index (κ3) is 1.80. The lowest BCUT2D eigenvalue weighted by atomic mass is 10.1. The minimum atomic E-state index is -0.166. The van der Waals surface area contributed by atoms with Gasteiger partial charge in [-0.05, 0) is 19.8 Å². The molecule has 1 aromatic rings. The molecule has 13 heavy (non-hydrogen) atoms. The number of aryl methyl sites for hydroxylation is 1. The molecule has 5 nitrogen and oxygen atoms in total. The molecule has 1 aliphatic rings. The zero-order valence-corrected chi connectivity index (χ0v) is 7.60. The second-order valence-corrected chi connectivity index (χ2v) is 3.34. The number of aliphatic hydroxyl groups is 1. The molecule has 1 fully saturated rings. The van der Waals surface area contributed by atoms with Crippen LogP contribution in [0.5, 0.6) is 0 Å². The molecular weight excluding hydrogens is 170 g/mol. The normalized spacial score (nSPS) is 19.4. The fourth-order valence-electron chi connectivity index (χ4n) is 1.47. The molecule has 0 spiro atoms. The molecule has 2 heterocycles. The molecule has 1 aliphatic heterocycles. The van der Waals surface area contributed by atoms with Crippen LogP contribution in [0.25, 0.3) is 0 Å². The van der Waals surface area contributed by atoms with Crippen LogP contribution in [-0.2, 0) is 0 Å². The molecule has 72 valence electrons.